The predicted octanol–water partition coefficient (Wildman–Crippen LogP) is 3.60. The zero-order chi connectivity index (χ0) is 21.8. The minimum absolute atomic E-state index is 0. The molecule has 8 nitrogen and oxygen atoms in total. The van der Waals surface area contributed by atoms with E-state index in [0.29, 0.717) is 61.8 Å². The van der Waals surface area contributed by atoms with Crippen molar-refractivity contribution in [3.8, 4) is 11.6 Å². The van der Waals surface area contributed by atoms with E-state index < -0.39 is 11.7 Å². The molecule has 1 saturated heterocycles. The van der Waals surface area contributed by atoms with E-state index in [4.69, 9.17) is 4.42 Å². The molecule has 1 aliphatic heterocycles. The molecule has 4 rings (SSSR count). The molecular weight excluding hydrogens is 538 g/mol. The SMILES string of the molecule is CN=C(NCc1nc(-c2ccco2)n[nH]1)N1CCN(c2cccc(C(F)(F)F)c2)CC1.I. The normalized spacial score (nSPS) is 14.9. The van der Waals surface area contributed by atoms with Crippen LogP contribution in [-0.4, -0.2) is 59.3 Å². The summed E-state index contributed by atoms with van der Waals surface area (Å²) in [5, 5.41) is 10.2. The topological polar surface area (TPSA) is 85.6 Å². The lowest BCUT2D eigenvalue weighted by molar-refractivity contribution is -0.137. The van der Waals surface area contributed by atoms with Crippen LogP contribution in [0.15, 0.2) is 52.1 Å². The van der Waals surface area contributed by atoms with Crippen molar-refractivity contribution >= 4 is 35.6 Å². The Kier molecular flexibility index (Phi) is 7.64. The first-order chi connectivity index (χ1) is 14.9. The second-order valence-electron chi connectivity index (χ2n) is 7.01. The molecule has 0 amide bonds. The number of hydrogen-bond donors (Lipinski definition) is 2. The molecule has 0 bridgehead atoms. The Labute approximate surface area is 199 Å². The number of benzene rings is 1. The van der Waals surface area contributed by atoms with E-state index in [2.05, 4.69) is 30.4 Å². The standard InChI is InChI=1S/C20H22F3N7O.HI/c1-24-19(25-13-17-26-18(28-27-17)16-6-3-11-31-16)30-9-7-29(8-10-30)15-5-2-4-14(12-15)20(21,22)23;/h2-6,11-12H,7-10,13H2,1H3,(H,24,25)(H,26,27,28);1H. The van der Waals surface area contributed by atoms with Crippen LogP contribution in [0, 0.1) is 0 Å². The summed E-state index contributed by atoms with van der Waals surface area (Å²) >= 11 is 0. The minimum Gasteiger partial charge on any atom is -0.461 e. The van der Waals surface area contributed by atoms with Gasteiger partial charge in [-0.3, -0.25) is 10.1 Å². The van der Waals surface area contributed by atoms with E-state index >= 15 is 0 Å². The van der Waals surface area contributed by atoms with Gasteiger partial charge < -0.3 is 19.5 Å². The monoisotopic (exact) mass is 561 g/mol. The van der Waals surface area contributed by atoms with E-state index in [9.17, 15) is 13.2 Å². The molecule has 12 heteroatoms. The van der Waals surface area contributed by atoms with E-state index in [0.717, 1.165) is 6.07 Å². The fraction of sp³-hybridized carbons (Fsp3) is 0.350. The molecule has 3 aromatic rings. The van der Waals surface area contributed by atoms with E-state index in [1.807, 2.05) is 4.90 Å². The van der Waals surface area contributed by atoms with Gasteiger partial charge in [0.1, 0.15) is 5.82 Å². The predicted molar refractivity (Wildman–Crippen MR) is 125 cm³/mol. The maximum absolute atomic E-state index is 13.0. The number of piperazine rings is 1. The van der Waals surface area contributed by atoms with E-state index in [1.54, 1.807) is 31.5 Å². The first-order valence-corrected chi connectivity index (χ1v) is 9.77. The Morgan fingerprint density at radius 2 is 1.97 bits per heavy atom. The molecule has 0 spiro atoms. The number of nitrogens with one attached hydrogen (secondary N) is 2. The van der Waals surface area contributed by atoms with Crippen LogP contribution in [0.2, 0.25) is 0 Å². The van der Waals surface area contributed by atoms with Gasteiger partial charge in [-0.2, -0.15) is 13.2 Å². The molecular formula is C20H23F3IN7O. The van der Waals surface area contributed by atoms with Crippen LogP contribution in [0.5, 0.6) is 0 Å². The fourth-order valence-electron chi connectivity index (χ4n) is 3.44. The maximum atomic E-state index is 13.0. The lowest BCUT2D eigenvalue weighted by atomic mass is 10.1. The maximum Gasteiger partial charge on any atom is 0.416 e. The number of hydrogen-bond acceptors (Lipinski definition) is 5. The summed E-state index contributed by atoms with van der Waals surface area (Å²) in [5.41, 5.74) is -0.0598. The van der Waals surface area contributed by atoms with Gasteiger partial charge in [0.2, 0.25) is 5.82 Å². The van der Waals surface area contributed by atoms with Gasteiger partial charge in [-0.25, -0.2) is 4.98 Å². The number of anilines is 1. The van der Waals surface area contributed by atoms with E-state index in [1.165, 1.54) is 12.1 Å². The van der Waals surface area contributed by atoms with Gasteiger partial charge in [0, 0.05) is 38.9 Å². The van der Waals surface area contributed by atoms with E-state index in [-0.39, 0.29) is 24.0 Å². The summed E-state index contributed by atoms with van der Waals surface area (Å²) in [6.45, 7) is 2.84. The highest BCUT2D eigenvalue weighted by molar-refractivity contribution is 14.0. The second-order valence-corrected chi connectivity index (χ2v) is 7.01. The third kappa shape index (κ3) is 5.53. The Morgan fingerprint density at radius 1 is 1.19 bits per heavy atom. The van der Waals surface area contributed by atoms with Crippen LogP contribution >= 0.6 is 24.0 Å². The number of furan rings is 1. The van der Waals surface area contributed by atoms with Gasteiger partial charge >= 0.3 is 6.18 Å². The lowest BCUT2D eigenvalue weighted by Crippen LogP contribution is -2.52. The molecule has 32 heavy (non-hydrogen) atoms. The van der Waals surface area contributed by atoms with Crippen molar-refractivity contribution in [2.45, 2.75) is 12.7 Å². The third-order valence-corrected chi connectivity index (χ3v) is 5.02. The van der Waals surface area contributed by atoms with Crippen molar-refractivity contribution < 1.29 is 17.6 Å². The highest BCUT2D eigenvalue weighted by Crippen LogP contribution is 2.31. The molecule has 3 heterocycles. The fourth-order valence-corrected chi connectivity index (χ4v) is 3.44. The molecule has 0 atom stereocenters. The van der Waals surface area contributed by atoms with Gasteiger partial charge in [-0.05, 0) is 30.3 Å². The summed E-state index contributed by atoms with van der Waals surface area (Å²) < 4.78 is 44.2. The van der Waals surface area contributed by atoms with Crippen molar-refractivity contribution in [3.05, 3.63) is 54.0 Å². The second kappa shape index (κ2) is 10.2. The average Bonchev–Trinajstić information content (AvgIpc) is 3.46. The summed E-state index contributed by atoms with van der Waals surface area (Å²) in [6, 6.07) is 8.99. The average molecular weight is 561 g/mol. The first-order valence-electron chi connectivity index (χ1n) is 9.77. The molecule has 0 aliphatic carbocycles. The first kappa shape index (κ1) is 23.9. The van der Waals surface area contributed by atoms with Crippen molar-refractivity contribution in [2.24, 2.45) is 4.99 Å². The Hall–Kier alpha value is -2.77. The molecule has 1 aliphatic rings. The number of halogens is 4. The summed E-state index contributed by atoms with van der Waals surface area (Å²) in [7, 11) is 1.69. The molecule has 0 radical (unpaired) electrons. The van der Waals surface area contributed by atoms with Crippen LogP contribution in [0.3, 0.4) is 0 Å². The number of H-pyrrole nitrogens is 1. The number of aliphatic imine (C=N–C) groups is 1. The highest BCUT2D eigenvalue weighted by Gasteiger charge is 2.31. The zero-order valence-electron chi connectivity index (χ0n) is 17.3. The number of alkyl halides is 3. The molecule has 1 aromatic carbocycles. The molecule has 0 unspecified atom stereocenters. The van der Waals surface area contributed by atoms with Crippen LogP contribution in [-0.2, 0) is 12.7 Å². The molecule has 172 valence electrons. The van der Waals surface area contributed by atoms with Gasteiger partial charge in [0.25, 0.3) is 0 Å². The summed E-state index contributed by atoms with van der Waals surface area (Å²) in [4.78, 5) is 12.7. The Morgan fingerprint density at radius 3 is 2.62 bits per heavy atom. The number of aromatic nitrogens is 3. The molecule has 1 fully saturated rings. The van der Waals surface area contributed by atoms with Crippen LogP contribution < -0.4 is 10.2 Å². The van der Waals surface area contributed by atoms with Crippen LogP contribution in [0.4, 0.5) is 18.9 Å². The number of rotatable bonds is 4. The van der Waals surface area contributed by atoms with Crippen molar-refractivity contribution in [1.29, 1.82) is 0 Å². The van der Waals surface area contributed by atoms with Crippen LogP contribution in [0.25, 0.3) is 11.6 Å². The number of guanidine groups is 1. The highest BCUT2D eigenvalue weighted by atomic mass is 127. The van der Waals surface area contributed by atoms with Gasteiger partial charge in [-0.15, -0.1) is 29.1 Å². The number of aromatic amines is 1. The lowest BCUT2D eigenvalue weighted by Gasteiger charge is -2.37. The molecule has 2 N–H and O–H groups in total. The Balaban J connectivity index is 0.00000289. The number of nitrogens with zero attached hydrogens (tertiary/aromatic N) is 5. The smallest absolute Gasteiger partial charge is 0.416 e. The van der Waals surface area contributed by atoms with Gasteiger partial charge in [0.15, 0.2) is 11.7 Å². The summed E-state index contributed by atoms with van der Waals surface area (Å²) in [6.07, 6.45) is -2.79. The minimum atomic E-state index is -4.35. The third-order valence-electron chi connectivity index (χ3n) is 5.02. The van der Waals surface area contributed by atoms with Crippen molar-refractivity contribution in [1.82, 2.24) is 25.4 Å². The molecule has 0 saturated carbocycles. The Bertz CT molecular complexity index is 1030. The summed E-state index contributed by atoms with van der Waals surface area (Å²) in [5.74, 6) is 2.39. The van der Waals surface area contributed by atoms with Gasteiger partial charge in [-0.1, -0.05) is 6.07 Å². The van der Waals surface area contributed by atoms with Crippen LogP contribution in [0.1, 0.15) is 11.4 Å². The largest absolute Gasteiger partial charge is 0.461 e. The zero-order valence-corrected chi connectivity index (χ0v) is 19.6. The van der Waals surface area contributed by atoms with Gasteiger partial charge in [0.05, 0.1) is 18.4 Å². The molecule has 2 aromatic heterocycles. The van der Waals surface area contributed by atoms with Crippen molar-refractivity contribution in [2.75, 3.05) is 38.1 Å². The van der Waals surface area contributed by atoms with Crippen molar-refractivity contribution in [3.63, 3.8) is 0 Å². The quantitative estimate of drug-likeness (QED) is 0.288.